The number of benzene rings is 1. The van der Waals surface area contributed by atoms with Crippen molar-refractivity contribution in [3.05, 3.63) is 51.7 Å². The van der Waals surface area contributed by atoms with Gasteiger partial charge in [0.05, 0.1) is 17.4 Å². The maximum absolute atomic E-state index is 12.9. The second-order valence-corrected chi connectivity index (χ2v) is 10.5. The van der Waals surface area contributed by atoms with Crippen LogP contribution in [0.3, 0.4) is 0 Å². The number of aromatic nitrogens is 3. The first-order valence-corrected chi connectivity index (χ1v) is 13.0. The molecule has 1 amide bonds. The van der Waals surface area contributed by atoms with E-state index in [1.165, 1.54) is 23.1 Å². The Kier molecular flexibility index (Phi) is 7.89. The van der Waals surface area contributed by atoms with Gasteiger partial charge in [0.25, 0.3) is 0 Å². The summed E-state index contributed by atoms with van der Waals surface area (Å²) in [6.07, 6.45) is 3.90. The number of carbonyl (C=O) groups excluding carboxylic acids is 2. The van der Waals surface area contributed by atoms with Crippen molar-refractivity contribution in [3.63, 3.8) is 0 Å². The molecule has 0 saturated carbocycles. The van der Waals surface area contributed by atoms with Crippen LogP contribution < -0.4 is 10.1 Å². The van der Waals surface area contributed by atoms with Gasteiger partial charge in [0, 0.05) is 4.88 Å². The minimum Gasteiger partial charge on any atom is -0.486 e. The van der Waals surface area contributed by atoms with E-state index >= 15 is 0 Å². The lowest BCUT2D eigenvalue weighted by Gasteiger charge is -2.13. The molecule has 10 heteroatoms. The van der Waals surface area contributed by atoms with Crippen LogP contribution in [0.15, 0.2) is 29.4 Å². The zero-order valence-corrected chi connectivity index (χ0v) is 21.1. The molecule has 34 heavy (non-hydrogen) atoms. The summed E-state index contributed by atoms with van der Waals surface area (Å²) in [7, 11) is 0. The summed E-state index contributed by atoms with van der Waals surface area (Å²) in [5.41, 5.74) is 2.70. The van der Waals surface area contributed by atoms with E-state index in [2.05, 4.69) is 20.5 Å². The van der Waals surface area contributed by atoms with Gasteiger partial charge in [0.15, 0.2) is 5.82 Å². The number of aryl methyl sites for hydroxylation is 2. The lowest BCUT2D eigenvalue weighted by Crippen LogP contribution is -2.23. The van der Waals surface area contributed by atoms with E-state index in [1.54, 1.807) is 13.8 Å². The number of aromatic amines is 1. The molecule has 3 aromatic rings. The van der Waals surface area contributed by atoms with Gasteiger partial charge in [0.1, 0.15) is 17.4 Å². The summed E-state index contributed by atoms with van der Waals surface area (Å²) in [5.74, 6) is 0.743. The van der Waals surface area contributed by atoms with Gasteiger partial charge in [-0.25, -0.2) is 9.78 Å². The van der Waals surface area contributed by atoms with Gasteiger partial charge in [-0.05, 0) is 64.2 Å². The Balaban J connectivity index is 1.38. The maximum Gasteiger partial charge on any atom is 0.341 e. The molecule has 2 N–H and O–H groups in total. The number of H-pyrrole nitrogens is 1. The summed E-state index contributed by atoms with van der Waals surface area (Å²) in [6.45, 7) is 6.14. The van der Waals surface area contributed by atoms with E-state index in [9.17, 15) is 9.59 Å². The molecular formula is C24H28N4O4S2. The largest absolute Gasteiger partial charge is 0.486 e. The molecular weight excluding hydrogens is 472 g/mol. The average Bonchev–Trinajstić information content (AvgIpc) is 3.42. The molecule has 1 aromatic carbocycles. The van der Waals surface area contributed by atoms with E-state index in [-0.39, 0.29) is 18.5 Å². The van der Waals surface area contributed by atoms with Crippen molar-refractivity contribution in [2.24, 2.45) is 0 Å². The van der Waals surface area contributed by atoms with E-state index in [0.29, 0.717) is 28.2 Å². The smallest absolute Gasteiger partial charge is 0.341 e. The number of rotatable bonds is 9. The van der Waals surface area contributed by atoms with Crippen molar-refractivity contribution >= 4 is 40.0 Å². The van der Waals surface area contributed by atoms with Crippen LogP contribution in [0.5, 0.6) is 5.75 Å². The Morgan fingerprint density at radius 1 is 1.24 bits per heavy atom. The lowest BCUT2D eigenvalue weighted by atomic mass is 9.95. The number of ether oxygens (including phenoxy) is 2. The number of anilines is 1. The molecule has 1 atom stereocenters. The molecule has 0 unspecified atom stereocenters. The second-order valence-electron chi connectivity index (χ2n) is 8.05. The van der Waals surface area contributed by atoms with Gasteiger partial charge >= 0.3 is 5.97 Å². The molecule has 0 bridgehead atoms. The third-order valence-electron chi connectivity index (χ3n) is 5.45. The molecule has 4 rings (SSSR count). The first-order chi connectivity index (χ1) is 16.4. The fourth-order valence-electron chi connectivity index (χ4n) is 3.68. The molecule has 2 aromatic heterocycles. The third-order valence-corrected chi connectivity index (χ3v) is 7.62. The van der Waals surface area contributed by atoms with E-state index in [1.807, 2.05) is 31.2 Å². The molecule has 0 spiro atoms. The summed E-state index contributed by atoms with van der Waals surface area (Å²) < 4.78 is 11.0. The molecule has 0 aliphatic heterocycles. The number of amides is 1. The van der Waals surface area contributed by atoms with E-state index in [4.69, 9.17) is 9.47 Å². The lowest BCUT2D eigenvalue weighted by molar-refractivity contribution is -0.115. The fourth-order valence-corrected chi connectivity index (χ4v) is 5.70. The monoisotopic (exact) mass is 500 g/mol. The highest BCUT2D eigenvalue weighted by Gasteiger charge is 2.28. The van der Waals surface area contributed by atoms with Crippen molar-refractivity contribution in [2.45, 2.75) is 63.5 Å². The maximum atomic E-state index is 12.9. The van der Waals surface area contributed by atoms with Crippen molar-refractivity contribution in [1.82, 2.24) is 15.2 Å². The molecule has 2 heterocycles. The quantitative estimate of drug-likeness (QED) is 0.317. The Morgan fingerprint density at radius 3 is 2.76 bits per heavy atom. The molecule has 0 radical (unpaired) electrons. The van der Waals surface area contributed by atoms with Gasteiger partial charge in [-0.1, -0.05) is 29.5 Å². The van der Waals surface area contributed by atoms with Crippen molar-refractivity contribution in [1.29, 1.82) is 0 Å². The summed E-state index contributed by atoms with van der Waals surface area (Å²) in [6, 6.07) is 7.77. The highest BCUT2D eigenvalue weighted by Crippen LogP contribution is 2.39. The Morgan fingerprint density at radius 2 is 2.00 bits per heavy atom. The standard InChI is InChI=1S/C24H28N4O4S2/c1-4-31-23(30)20-17-7-5-6-8-18(17)34-22(20)26-21(29)15(3)33-24-25-19(27-28-24)13-32-16-11-9-14(2)10-12-16/h9-12,15H,4-8,13H2,1-3H3,(H,26,29)(H,25,27,28)/t15-/m1/s1. The van der Waals surface area contributed by atoms with Crippen LogP contribution in [0, 0.1) is 6.92 Å². The normalized spacial score (nSPS) is 13.7. The number of hydrogen-bond donors (Lipinski definition) is 2. The average molecular weight is 501 g/mol. The Hall–Kier alpha value is -2.85. The number of fused-ring (bicyclic) bond motifs is 1. The third kappa shape index (κ3) is 5.79. The number of carbonyl (C=O) groups is 2. The predicted octanol–water partition coefficient (Wildman–Crippen LogP) is 4.93. The van der Waals surface area contributed by atoms with Gasteiger partial charge in [-0.15, -0.1) is 16.4 Å². The van der Waals surface area contributed by atoms with Gasteiger partial charge in [-0.3, -0.25) is 9.89 Å². The topological polar surface area (TPSA) is 106 Å². The number of nitrogens with one attached hydrogen (secondary N) is 2. The van der Waals surface area contributed by atoms with Crippen molar-refractivity contribution in [2.75, 3.05) is 11.9 Å². The van der Waals surface area contributed by atoms with Gasteiger partial charge in [-0.2, -0.15) is 0 Å². The highest BCUT2D eigenvalue weighted by molar-refractivity contribution is 8.00. The molecule has 1 aliphatic carbocycles. The van der Waals surface area contributed by atoms with Crippen molar-refractivity contribution < 1.29 is 19.1 Å². The van der Waals surface area contributed by atoms with Gasteiger partial charge < -0.3 is 14.8 Å². The molecule has 0 fully saturated rings. The number of thioether (sulfide) groups is 1. The fraction of sp³-hybridized carbons (Fsp3) is 0.417. The zero-order chi connectivity index (χ0) is 24.1. The number of hydrogen-bond acceptors (Lipinski definition) is 8. The number of nitrogens with zero attached hydrogens (tertiary/aromatic N) is 2. The van der Waals surface area contributed by atoms with Crippen LogP contribution in [-0.4, -0.2) is 38.9 Å². The summed E-state index contributed by atoms with van der Waals surface area (Å²) >= 11 is 2.72. The minimum atomic E-state index is -0.462. The van der Waals surface area contributed by atoms with Crippen LogP contribution in [0.2, 0.25) is 0 Å². The molecule has 1 aliphatic rings. The Bertz CT molecular complexity index is 1160. The van der Waals surface area contributed by atoms with Crippen LogP contribution in [0.25, 0.3) is 0 Å². The van der Waals surface area contributed by atoms with Crippen LogP contribution in [0.4, 0.5) is 5.00 Å². The van der Waals surface area contributed by atoms with Crippen LogP contribution >= 0.6 is 23.1 Å². The van der Waals surface area contributed by atoms with Crippen LogP contribution in [-0.2, 0) is 29.0 Å². The SMILES string of the molecule is CCOC(=O)c1c(NC(=O)[C@@H](C)Sc2n[nH]c(COc3ccc(C)cc3)n2)sc2c1CCCC2. The zero-order valence-electron chi connectivity index (χ0n) is 19.5. The summed E-state index contributed by atoms with van der Waals surface area (Å²) in [4.78, 5) is 31.1. The first kappa shape index (κ1) is 24.3. The molecule has 8 nitrogen and oxygen atoms in total. The number of thiophene rings is 1. The highest BCUT2D eigenvalue weighted by atomic mass is 32.2. The van der Waals surface area contributed by atoms with E-state index in [0.717, 1.165) is 47.4 Å². The Labute approximate surface area is 206 Å². The first-order valence-electron chi connectivity index (χ1n) is 11.3. The predicted molar refractivity (Wildman–Crippen MR) is 133 cm³/mol. The van der Waals surface area contributed by atoms with Crippen LogP contribution in [0.1, 0.15) is 58.9 Å². The van der Waals surface area contributed by atoms with Gasteiger partial charge in [0.2, 0.25) is 11.1 Å². The van der Waals surface area contributed by atoms with Crippen molar-refractivity contribution in [3.8, 4) is 5.75 Å². The second kappa shape index (κ2) is 11.1. The minimum absolute atomic E-state index is 0.212. The molecule has 180 valence electrons. The summed E-state index contributed by atoms with van der Waals surface area (Å²) in [5, 5.41) is 10.6. The molecule has 0 saturated heterocycles. The van der Waals surface area contributed by atoms with E-state index < -0.39 is 5.25 Å². The number of esters is 1.